The monoisotopic (exact) mass is 236 g/mol. The molecule has 0 bridgehead atoms. The van der Waals surface area contributed by atoms with E-state index in [9.17, 15) is 4.79 Å². The molecule has 1 aliphatic heterocycles. The van der Waals surface area contributed by atoms with Gasteiger partial charge in [-0.2, -0.15) is 0 Å². The molecule has 1 aromatic rings. The van der Waals surface area contributed by atoms with Crippen LogP contribution in [0.3, 0.4) is 0 Å². The van der Waals surface area contributed by atoms with Gasteiger partial charge in [0.1, 0.15) is 6.61 Å². The van der Waals surface area contributed by atoms with E-state index in [1.54, 1.807) is 6.92 Å². The zero-order chi connectivity index (χ0) is 12.3. The number of carbonyl (C=O) groups excluding carboxylic acids is 1. The second-order valence-corrected chi connectivity index (χ2v) is 3.77. The summed E-state index contributed by atoms with van der Waals surface area (Å²) >= 11 is 0. The van der Waals surface area contributed by atoms with E-state index < -0.39 is 6.10 Å². The van der Waals surface area contributed by atoms with Gasteiger partial charge in [0.25, 0.3) is 0 Å². The van der Waals surface area contributed by atoms with Crippen LogP contribution in [0.1, 0.15) is 19.4 Å². The minimum atomic E-state index is -0.657. The molecule has 1 unspecified atom stereocenters. The first kappa shape index (κ1) is 11.8. The summed E-state index contributed by atoms with van der Waals surface area (Å²) in [6, 6.07) is 5.73. The Hall–Kier alpha value is -1.71. The van der Waals surface area contributed by atoms with Gasteiger partial charge >= 0.3 is 5.97 Å². The number of hydrogen-bond acceptors (Lipinski definition) is 4. The molecule has 0 N–H and O–H groups in total. The lowest BCUT2D eigenvalue weighted by Gasteiger charge is -2.26. The molecule has 17 heavy (non-hydrogen) atoms. The molecule has 1 aromatic carbocycles. The number of carbonyl (C=O) groups is 1. The molecule has 92 valence electrons. The van der Waals surface area contributed by atoms with Crippen LogP contribution in [0.4, 0.5) is 0 Å². The van der Waals surface area contributed by atoms with Crippen LogP contribution in [0.15, 0.2) is 18.2 Å². The smallest absolute Gasteiger partial charge is 0.350 e. The molecule has 1 aliphatic rings. The van der Waals surface area contributed by atoms with Crippen molar-refractivity contribution in [2.24, 2.45) is 0 Å². The van der Waals surface area contributed by atoms with Crippen LogP contribution in [0.25, 0.3) is 0 Å². The van der Waals surface area contributed by atoms with Crippen LogP contribution >= 0.6 is 0 Å². The molecular weight excluding hydrogens is 220 g/mol. The molecule has 0 spiro atoms. The predicted molar refractivity (Wildman–Crippen MR) is 62.4 cm³/mol. The predicted octanol–water partition coefficient (Wildman–Crippen LogP) is 1.95. The van der Waals surface area contributed by atoms with Gasteiger partial charge in [-0.1, -0.05) is 19.1 Å². The van der Waals surface area contributed by atoms with Crippen molar-refractivity contribution in [3.8, 4) is 11.5 Å². The Morgan fingerprint density at radius 2 is 2.29 bits per heavy atom. The highest BCUT2D eigenvalue weighted by Gasteiger charge is 2.29. The van der Waals surface area contributed by atoms with Crippen LogP contribution in [-0.4, -0.2) is 25.3 Å². The van der Waals surface area contributed by atoms with E-state index in [-0.39, 0.29) is 12.6 Å². The number of benzene rings is 1. The summed E-state index contributed by atoms with van der Waals surface area (Å²) in [5, 5.41) is 0. The van der Waals surface area contributed by atoms with Crippen LogP contribution in [0, 0.1) is 0 Å². The first-order chi connectivity index (χ1) is 8.26. The Bertz CT molecular complexity index is 400. The Balaban J connectivity index is 2.19. The van der Waals surface area contributed by atoms with E-state index in [1.165, 1.54) is 0 Å². The summed E-state index contributed by atoms with van der Waals surface area (Å²) in [5.41, 5.74) is 1.04. The fraction of sp³-hybridized carbons (Fsp3) is 0.462. The number of aryl methyl sites for hydroxylation is 1. The van der Waals surface area contributed by atoms with Crippen LogP contribution in [-0.2, 0) is 16.0 Å². The van der Waals surface area contributed by atoms with Crippen molar-refractivity contribution in [2.75, 3.05) is 13.2 Å². The average molecular weight is 236 g/mol. The Morgan fingerprint density at radius 1 is 1.47 bits per heavy atom. The fourth-order valence-electron chi connectivity index (χ4n) is 1.78. The molecule has 4 heteroatoms. The first-order valence-corrected chi connectivity index (χ1v) is 5.84. The largest absolute Gasteiger partial charge is 0.485 e. The van der Waals surface area contributed by atoms with Gasteiger partial charge < -0.3 is 14.2 Å². The quantitative estimate of drug-likeness (QED) is 0.752. The third kappa shape index (κ3) is 2.35. The molecule has 0 aromatic heterocycles. The van der Waals surface area contributed by atoms with Crippen molar-refractivity contribution in [3.63, 3.8) is 0 Å². The normalized spacial score (nSPS) is 17.6. The second kappa shape index (κ2) is 5.08. The number of rotatable bonds is 3. The van der Waals surface area contributed by atoms with Gasteiger partial charge in [-0.05, 0) is 25.0 Å². The van der Waals surface area contributed by atoms with Gasteiger partial charge in [-0.15, -0.1) is 0 Å². The zero-order valence-corrected chi connectivity index (χ0v) is 10.1. The summed E-state index contributed by atoms with van der Waals surface area (Å²) in [6.45, 7) is 4.36. The fourth-order valence-corrected chi connectivity index (χ4v) is 1.78. The lowest BCUT2D eigenvalue weighted by atomic mass is 10.1. The van der Waals surface area contributed by atoms with Crippen LogP contribution in [0.5, 0.6) is 11.5 Å². The summed E-state index contributed by atoms with van der Waals surface area (Å²) < 4.78 is 16.1. The number of esters is 1. The molecular formula is C13H16O4. The molecule has 0 saturated carbocycles. The zero-order valence-electron chi connectivity index (χ0n) is 10.1. The SMILES string of the molecule is CCOC(=O)C1COc2cccc(CC)c2O1. The third-order valence-electron chi connectivity index (χ3n) is 2.64. The van der Waals surface area contributed by atoms with E-state index in [0.717, 1.165) is 12.0 Å². The van der Waals surface area contributed by atoms with Crippen molar-refractivity contribution in [3.05, 3.63) is 23.8 Å². The van der Waals surface area contributed by atoms with Crippen LogP contribution in [0.2, 0.25) is 0 Å². The summed E-state index contributed by atoms with van der Waals surface area (Å²) in [6.07, 6.45) is 0.178. The Kier molecular flexibility index (Phi) is 3.52. The van der Waals surface area contributed by atoms with E-state index in [2.05, 4.69) is 0 Å². The van der Waals surface area contributed by atoms with E-state index >= 15 is 0 Å². The van der Waals surface area contributed by atoms with Crippen molar-refractivity contribution in [1.29, 1.82) is 0 Å². The first-order valence-electron chi connectivity index (χ1n) is 5.84. The molecule has 2 rings (SSSR count). The van der Waals surface area contributed by atoms with Gasteiger partial charge in [-0.25, -0.2) is 4.79 Å². The van der Waals surface area contributed by atoms with Crippen molar-refractivity contribution < 1.29 is 19.0 Å². The number of hydrogen-bond donors (Lipinski definition) is 0. The number of fused-ring (bicyclic) bond motifs is 1. The molecule has 0 fully saturated rings. The highest BCUT2D eigenvalue weighted by molar-refractivity contribution is 5.76. The van der Waals surface area contributed by atoms with E-state index in [4.69, 9.17) is 14.2 Å². The molecule has 0 radical (unpaired) electrons. The Labute approximate surface area is 100 Å². The summed E-state index contributed by atoms with van der Waals surface area (Å²) in [4.78, 5) is 11.6. The van der Waals surface area contributed by atoms with E-state index in [1.807, 2.05) is 25.1 Å². The van der Waals surface area contributed by atoms with Gasteiger partial charge in [-0.3, -0.25) is 0 Å². The minimum Gasteiger partial charge on any atom is -0.485 e. The van der Waals surface area contributed by atoms with Gasteiger partial charge in [0.15, 0.2) is 11.5 Å². The summed E-state index contributed by atoms with van der Waals surface area (Å²) in [7, 11) is 0. The van der Waals surface area contributed by atoms with Gasteiger partial charge in [0.05, 0.1) is 6.61 Å². The molecule has 4 nitrogen and oxygen atoms in total. The molecule has 0 saturated heterocycles. The Morgan fingerprint density at radius 3 is 3.00 bits per heavy atom. The molecule has 1 atom stereocenters. The van der Waals surface area contributed by atoms with Crippen LogP contribution < -0.4 is 9.47 Å². The van der Waals surface area contributed by atoms with Crippen molar-refractivity contribution >= 4 is 5.97 Å². The molecule has 1 heterocycles. The highest BCUT2D eigenvalue weighted by Crippen LogP contribution is 2.35. The van der Waals surface area contributed by atoms with Crippen molar-refractivity contribution in [2.45, 2.75) is 26.4 Å². The van der Waals surface area contributed by atoms with Crippen molar-refractivity contribution in [1.82, 2.24) is 0 Å². The number of para-hydroxylation sites is 1. The maximum Gasteiger partial charge on any atom is 0.350 e. The molecule has 0 aliphatic carbocycles. The highest BCUT2D eigenvalue weighted by atomic mass is 16.6. The van der Waals surface area contributed by atoms with Gasteiger partial charge in [0, 0.05) is 0 Å². The lowest BCUT2D eigenvalue weighted by Crippen LogP contribution is -2.38. The number of ether oxygens (including phenoxy) is 3. The molecule has 0 amide bonds. The average Bonchev–Trinajstić information content (AvgIpc) is 2.37. The maximum absolute atomic E-state index is 11.6. The standard InChI is InChI=1S/C13H16O4/c1-3-9-6-5-7-10-12(9)17-11(8-16-10)13(14)15-4-2/h5-7,11H,3-4,8H2,1-2H3. The second-order valence-electron chi connectivity index (χ2n) is 3.77. The van der Waals surface area contributed by atoms with E-state index in [0.29, 0.717) is 18.1 Å². The lowest BCUT2D eigenvalue weighted by molar-refractivity contribution is -0.153. The topological polar surface area (TPSA) is 44.8 Å². The minimum absolute atomic E-state index is 0.207. The maximum atomic E-state index is 11.6. The summed E-state index contributed by atoms with van der Waals surface area (Å²) in [5.74, 6) is 0.994. The third-order valence-corrected chi connectivity index (χ3v) is 2.64. The van der Waals surface area contributed by atoms with Gasteiger partial charge in [0.2, 0.25) is 6.10 Å².